The molecule has 0 radical (unpaired) electrons. The number of nitrogens with one attached hydrogen (secondary N) is 2. The van der Waals surface area contributed by atoms with Crippen LogP contribution in [0.2, 0.25) is 0 Å². The molecule has 110 valence electrons. The molecule has 0 aliphatic carbocycles. The van der Waals surface area contributed by atoms with Gasteiger partial charge in [-0.3, -0.25) is 4.79 Å². The van der Waals surface area contributed by atoms with Crippen molar-refractivity contribution in [1.29, 1.82) is 0 Å². The first-order chi connectivity index (χ1) is 10.0. The summed E-state index contributed by atoms with van der Waals surface area (Å²) in [6.07, 6.45) is 0.863. The molecule has 0 bridgehead atoms. The Morgan fingerprint density at radius 1 is 1.14 bits per heavy atom. The van der Waals surface area contributed by atoms with Crippen molar-refractivity contribution >= 4 is 33.2 Å². The molecule has 21 heavy (non-hydrogen) atoms. The van der Waals surface area contributed by atoms with Gasteiger partial charge in [0.15, 0.2) is 0 Å². The van der Waals surface area contributed by atoms with Crippen molar-refractivity contribution in [3.63, 3.8) is 0 Å². The van der Waals surface area contributed by atoms with E-state index in [-0.39, 0.29) is 5.91 Å². The molecule has 3 nitrogen and oxygen atoms in total. The van der Waals surface area contributed by atoms with E-state index in [1.165, 1.54) is 0 Å². The smallest absolute Gasteiger partial charge is 0.257 e. The summed E-state index contributed by atoms with van der Waals surface area (Å²) in [6.45, 7) is 4.08. The summed E-state index contributed by atoms with van der Waals surface area (Å²) in [5.41, 5.74) is 4.56. The lowest BCUT2D eigenvalue weighted by Gasteiger charge is -2.13. The molecule has 0 saturated carbocycles. The Balaban J connectivity index is 2.30. The molecule has 0 aliphatic rings. The summed E-state index contributed by atoms with van der Waals surface area (Å²) in [5, 5.41) is 6.07. The predicted octanol–water partition coefficient (Wildman–Crippen LogP) is 4.61. The van der Waals surface area contributed by atoms with E-state index < -0.39 is 0 Å². The first kappa shape index (κ1) is 15.6. The largest absolute Gasteiger partial charge is 0.387 e. The van der Waals surface area contributed by atoms with Crippen molar-refractivity contribution in [1.82, 2.24) is 0 Å². The fraction of sp³-hybridized carbons (Fsp3) is 0.235. The van der Waals surface area contributed by atoms with E-state index in [0.717, 1.165) is 33.4 Å². The average Bonchev–Trinajstić information content (AvgIpc) is 2.48. The highest BCUT2D eigenvalue weighted by atomic mass is 79.9. The van der Waals surface area contributed by atoms with Crippen LogP contribution in [0.25, 0.3) is 0 Å². The van der Waals surface area contributed by atoms with Gasteiger partial charge in [0.25, 0.3) is 5.91 Å². The van der Waals surface area contributed by atoms with Gasteiger partial charge >= 0.3 is 0 Å². The number of halogens is 1. The first-order valence-corrected chi connectivity index (χ1v) is 7.72. The van der Waals surface area contributed by atoms with Gasteiger partial charge in [-0.2, -0.15) is 0 Å². The fourth-order valence-electron chi connectivity index (χ4n) is 2.23. The highest BCUT2D eigenvalue weighted by Gasteiger charge is 2.12. The topological polar surface area (TPSA) is 41.1 Å². The molecule has 4 heteroatoms. The summed E-state index contributed by atoms with van der Waals surface area (Å²) in [5.74, 6) is -0.101. The molecule has 0 unspecified atom stereocenters. The second-order valence-corrected chi connectivity index (χ2v) is 5.82. The Labute approximate surface area is 133 Å². The van der Waals surface area contributed by atoms with Crippen LogP contribution in [-0.2, 0) is 6.42 Å². The Morgan fingerprint density at radius 3 is 2.57 bits per heavy atom. The summed E-state index contributed by atoms with van der Waals surface area (Å²) >= 11 is 3.46. The average molecular weight is 347 g/mol. The zero-order valence-corrected chi connectivity index (χ0v) is 14.0. The molecule has 1 amide bonds. The van der Waals surface area contributed by atoms with Crippen LogP contribution < -0.4 is 10.6 Å². The Bertz CT molecular complexity index is 668. The van der Waals surface area contributed by atoms with E-state index in [1.807, 2.05) is 50.4 Å². The van der Waals surface area contributed by atoms with E-state index in [9.17, 15) is 4.79 Å². The van der Waals surface area contributed by atoms with Gasteiger partial charge in [0.2, 0.25) is 0 Å². The minimum absolute atomic E-state index is 0.101. The highest BCUT2D eigenvalue weighted by molar-refractivity contribution is 9.10. The summed E-state index contributed by atoms with van der Waals surface area (Å²) in [4.78, 5) is 12.5. The zero-order valence-electron chi connectivity index (χ0n) is 12.5. The molecule has 0 spiro atoms. The number of anilines is 2. The van der Waals surface area contributed by atoms with Crippen LogP contribution >= 0.6 is 15.9 Å². The van der Waals surface area contributed by atoms with Crippen LogP contribution in [0, 0.1) is 6.92 Å². The van der Waals surface area contributed by atoms with Crippen molar-refractivity contribution < 1.29 is 4.79 Å². The molecule has 2 aromatic carbocycles. The number of carbonyl (C=O) groups excluding carboxylic acids is 1. The number of carbonyl (C=O) groups is 1. The number of hydrogen-bond acceptors (Lipinski definition) is 2. The van der Waals surface area contributed by atoms with Crippen LogP contribution in [0.5, 0.6) is 0 Å². The molecule has 0 fully saturated rings. The quantitative estimate of drug-likeness (QED) is 0.848. The molecule has 0 heterocycles. The van der Waals surface area contributed by atoms with Crippen LogP contribution in [0.4, 0.5) is 11.4 Å². The second kappa shape index (κ2) is 6.76. The lowest BCUT2D eigenvalue weighted by Crippen LogP contribution is -2.15. The maximum absolute atomic E-state index is 12.5. The van der Waals surface area contributed by atoms with E-state index in [2.05, 4.69) is 33.5 Å². The van der Waals surface area contributed by atoms with E-state index in [4.69, 9.17) is 0 Å². The molecule has 2 N–H and O–H groups in total. The number of benzene rings is 2. The van der Waals surface area contributed by atoms with Gasteiger partial charge in [0.1, 0.15) is 0 Å². The fourth-order valence-corrected chi connectivity index (χ4v) is 2.64. The first-order valence-electron chi connectivity index (χ1n) is 6.93. The second-order valence-electron chi connectivity index (χ2n) is 4.91. The maximum Gasteiger partial charge on any atom is 0.257 e. The van der Waals surface area contributed by atoms with Gasteiger partial charge in [0.05, 0.1) is 5.56 Å². The summed E-state index contributed by atoms with van der Waals surface area (Å²) in [6, 6.07) is 11.6. The molecule has 0 atom stereocenters. The van der Waals surface area contributed by atoms with Gasteiger partial charge in [-0.05, 0) is 54.8 Å². The lowest BCUT2D eigenvalue weighted by atomic mass is 10.1. The van der Waals surface area contributed by atoms with Crippen molar-refractivity contribution in [2.45, 2.75) is 20.3 Å². The predicted molar refractivity (Wildman–Crippen MR) is 92.2 cm³/mol. The molecule has 2 rings (SSSR count). The van der Waals surface area contributed by atoms with Crippen LogP contribution in [0.1, 0.15) is 28.4 Å². The van der Waals surface area contributed by atoms with E-state index >= 15 is 0 Å². The van der Waals surface area contributed by atoms with Crippen LogP contribution in [0.15, 0.2) is 40.9 Å². The van der Waals surface area contributed by atoms with Gasteiger partial charge in [0, 0.05) is 22.9 Å². The third kappa shape index (κ3) is 3.64. The SMILES string of the molecule is CCc1cc(Br)ccc1NC(=O)c1ccc(C)cc1NC. The maximum atomic E-state index is 12.5. The zero-order chi connectivity index (χ0) is 15.4. The standard InChI is InChI=1S/C17H19BrN2O/c1-4-12-10-13(18)6-8-15(12)20-17(21)14-7-5-11(2)9-16(14)19-3/h5-10,19H,4H2,1-3H3,(H,20,21). The van der Waals surface area contributed by atoms with Gasteiger partial charge in [-0.25, -0.2) is 0 Å². The normalized spacial score (nSPS) is 10.3. The Morgan fingerprint density at radius 2 is 1.90 bits per heavy atom. The molecule has 0 saturated heterocycles. The minimum Gasteiger partial charge on any atom is -0.387 e. The Hall–Kier alpha value is -1.81. The molecule has 0 aliphatic heterocycles. The van der Waals surface area contributed by atoms with E-state index in [1.54, 1.807) is 0 Å². The number of rotatable bonds is 4. The summed E-state index contributed by atoms with van der Waals surface area (Å²) in [7, 11) is 1.82. The third-order valence-corrected chi connectivity index (χ3v) is 3.88. The molecular weight excluding hydrogens is 328 g/mol. The van der Waals surface area contributed by atoms with Crippen LogP contribution in [-0.4, -0.2) is 13.0 Å². The number of amides is 1. The molecule has 0 aromatic heterocycles. The summed E-state index contributed by atoms with van der Waals surface area (Å²) < 4.78 is 1.02. The van der Waals surface area contributed by atoms with Gasteiger partial charge in [-0.15, -0.1) is 0 Å². The van der Waals surface area contributed by atoms with Gasteiger partial charge < -0.3 is 10.6 Å². The van der Waals surface area contributed by atoms with E-state index in [0.29, 0.717) is 5.56 Å². The van der Waals surface area contributed by atoms with Crippen molar-refractivity contribution in [2.24, 2.45) is 0 Å². The monoisotopic (exact) mass is 346 g/mol. The molecule has 2 aromatic rings. The van der Waals surface area contributed by atoms with Crippen molar-refractivity contribution in [3.8, 4) is 0 Å². The third-order valence-electron chi connectivity index (χ3n) is 3.39. The highest BCUT2D eigenvalue weighted by Crippen LogP contribution is 2.24. The van der Waals surface area contributed by atoms with Crippen LogP contribution in [0.3, 0.4) is 0 Å². The Kier molecular flexibility index (Phi) is 5.02. The van der Waals surface area contributed by atoms with Gasteiger partial charge in [-0.1, -0.05) is 28.9 Å². The lowest BCUT2D eigenvalue weighted by molar-refractivity contribution is 0.102. The minimum atomic E-state index is -0.101. The number of hydrogen-bond donors (Lipinski definition) is 2. The number of aryl methyl sites for hydroxylation is 2. The van der Waals surface area contributed by atoms with Crippen molar-refractivity contribution in [3.05, 3.63) is 57.6 Å². The van der Waals surface area contributed by atoms with Crippen molar-refractivity contribution in [2.75, 3.05) is 17.7 Å². The molecular formula is C17H19BrN2O.